The van der Waals surface area contributed by atoms with Crippen LogP contribution in [0.25, 0.3) is 10.2 Å². The third-order valence-electron chi connectivity index (χ3n) is 4.84. The van der Waals surface area contributed by atoms with Gasteiger partial charge in [-0.2, -0.15) is 0 Å². The van der Waals surface area contributed by atoms with Crippen molar-refractivity contribution >= 4 is 45.0 Å². The molecule has 2 heterocycles. The Kier molecular flexibility index (Phi) is 7.59. The zero-order chi connectivity index (χ0) is 21.1. The van der Waals surface area contributed by atoms with E-state index in [1.807, 2.05) is 38.4 Å². The molecule has 9 heteroatoms. The highest BCUT2D eigenvalue weighted by atomic mass is 35.5. The molecule has 166 valence electrons. The highest BCUT2D eigenvalue weighted by molar-refractivity contribution is 7.22. The van der Waals surface area contributed by atoms with Crippen LogP contribution in [0.3, 0.4) is 0 Å². The van der Waals surface area contributed by atoms with E-state index in [-0.39, 0.29) is 18.3 Å². The number of benzene rings is 2. The van der Waals surface area contributed by atoms with E-state index >= 15 is 0 Å². The molecule has 0 atom stereocenters. The highest BCUT2D eigenvalue weighted by Gasteiger charge is 2.24. The molecule has 0 spiro atoms. The van der Waals surface area contributed by atoms with Crippen molar-refractivity contribution in [2.75, 3.05) is 52.4 Å². The van der Waals surface area contributed by atoms with Gasteiger partial charge in [0.05, 0.1) is 22.9 Å². The summed E-state index contributed by atoms with van der Waals surface area (Å²) in [6.07, 6.45) is 0.826. The maximum Gasteiger partial charge on any atom is 0.263 e. The van der Waals surface area contributed by atoms with Crippen LogP contribution >= 0.6 is 23.7 Å². The second kappa shape index (κ2) is 10.2. The molecule has 1 aliphatic rings. The summed E-state index contributed by atoms with van der Waals surface area (Å²) in [6, 6.07) is 11.1. The molecule has 0 saturated carbocycles. The number of carbonyl (C=O) groups is 1. The molecule has 2 aromatic carbocycles. The Morgan fingerprint density at radius 1 is 1.13 bits per heavy atom. The minimum Gasteiger partial charge on any atom is -0.496 e. The molecule has 0 radical (unpaired) electrons. The molecule has 1 aliphatic heterocycles. The molecular formula is C22H26ClN3O4S. The Morgan fingerprint density at radius 2 is 1.84 bits per heavy atom. The molecule has 31 heavy (non-hydrogen) atoms. The van der Waals surface area contributed by atoms with Gasteiger partial charge in [-0.25, -0.2) is 4.98 Å². The number of fused-ring (bicyclic) bond motifs is 2. The monoisotopic (exact) mass is 463 g/mol. The van der Waals surface area contributed by atoms with Crippen LogP contribution in [0.5, 0.6) is 17.2 Å². The van der Waals surface area contributed by atoms with E-state index in [9.17, 15) is 4.79 Å². The summed E-state index contributed by atoms with van der Waals surface area (Å²) in [5.41, 5.74) is 1.32. The van der Waals surface area contributed by atoms with E-state index in [2.05, 4.69) is 4.90 Å². The second-order valence-corrected chi connectivity index (χ2v) is 8.28. The zero-order valence-corrected chi connectivity index (χ0v) is 19.4. The third-order valence-corrected chi connectivity index (χ3v) is 5.88. The Bertz CT molecular complexity index is 1010. The lowest BCUT2D eigenvalue weighted by Gasteiger charge is -2.22. The van der Waals surface area contributed by atoms with Gasteiger partial charge in [-0.15, -0.1) is 12.4 Å². The van der Waals surface area contributed by atoms with Crippen LogP contribution in [0.1, 0.15) is 16.8 Å². The lowest BCUT2D eigenvalue weighted by atomic mass is 10.1. The number of carbonyl (C=O) groups excluding carboxylic acids is 1. The predicted octanol–water partition coefficient (Wildman–Crippen LogP) is 4.10. The van der Waals surface area contributed by atoms with Crippen LogP contribution in [0.15, 0.2) is 36.4 Å². The van der Waals surface area contributed by atoms with Crippen LogP contribution in [-0.2, 0) is 0 Å². The van der Waals surface area contributed by atoms with Crippen molar-refractivity contribution in [3.8, 4) is 17.2 Å². The predicted molar refractivity (Wildman–Crippen MR) is 126 cm³/mol. The van der Waals surface area contributed by atoms with Crippen molar-refractivity contribution in [2.45, 2.75) is 6.42 Å². The van der Waals surface area contributed by atoms with Gasteiger partial charge in [-0.3, -0.25) is 9.69 Å². The Labute approximate surface area is 191 Å². The fourth-order valence-corrected chi connectivity index (χ4v) is 4.36. The number of amides is 1. The summed E-state index contributed by atoms with van der Waals surface area (Å²) in [4.78, 5) is 22.1. The number of para-hydroxylation sites is 1. The van der Waals surface area contributed by atoms with Gasteiger partial charge in [0.2, 0.25) is 0 Å². The third kappa shape index (κ3) is 5.03. The SMILES string of the molecule is COc1ccccc1C(=O)N(CCCN(C)C)c1nc2cc3c(cc2s1)OCCO3.Cl. The number of aromatic nitrogens is 1. The van der Waals surface area contributed by atoms with E-state index in [1.54, 1.807) is 24.1 Å². The maximum atomic E-state index is 13.5. The summed E-state index contributed by atoms with van der Waals surface area (Å²) >= 11 is 1.48. The molecule has 4 rings (SSSR count). The summed E-state index contributed by atoms with van der Waals surface area (Å²) in [5.74, 6) is 1.85. The van der Waals surface area contributed by atoms with E-state index in [0.29, 0.717) is 42.0 Å². The lowest BCUT2D eigenvalue weighted by molar-refractivity contribution is 0.0983. The molecule has 1 aromatic heterocycles. The smallest absolute Gasteiger partial charge is 0.263 e. The van der Waals surface area contributed by atoms with Gasteiger partial charge in [-0.1, -0.05) is 23.5 Å². The average molecular weight is 464 g/mol. The summed E-state index contributed by atoms with van der Waals surface area (Å²) < 4.78 is 17.7. The van der Waals surface area contributed by atoms with Crippen molar-refractivity contribution in [3.63, 3.8) is 0 Å². The van der Waals surface area contributed by atoms with Crippen molar-refractivity contribution in [1.29, 1.82) is 0 Å². The average Bonchev–Trinajstić information content (AvgIpc) is 3.16. The highest BCUT2D eigenvalue weighted by Crippen LogP contribution is 2.39. The Balaban J connectivity index is 0.00000272. The van der Waals surface area contributed by atoms with Crippen LogP contribution < -0.4 is 19.1 Å². The maximum absolute atomic E-state index is 13.5. The number of ether oxygens (including phenoxy) is 3. The van der Waals surface area contributed by atoms with Crippen LogP contribution in [0.2, 0.25) is 0 Å². The van der Waals surface area contributed by atoms with E-state index in [1.165, 1.54) is 11.3 Å². The first kappa shape index (κ1) is 23.1. The van der Waals surface area contributed by atoms with Crippen LogP contribution in [-0.4, -0.2) is 63.3 Å². The van der Waals surface area contributed by atoms with Gasteiger partial charge < -0.3 is 19.1 Å². The zero-order valence-electron chi connectivity index (χ0n) is 17.8. The Morgan fingerprint density at radius 3 is 2.55 bits per heavy atom. The van der Waals surface area contributed by atoms with Gasteiger partial charge in [0.25, 0.3) is 5.91 Å². The summed E-state index contributed by atoms with van der Waals surface area (Å²) in [6.45, 7) is 2.49. The van der Waals surface area contributed by atoms with Gasteiger partial charge in [-0.05, 0) is 39.2 Å². The fraction of sp³-hybridized carbons (Fsp3) is 0.364. The largest absolute Gasteiger partial charge is 0.496 e. The van der Waals surface area contributed by atoms with Crippen LogP contribution in [0, 0.1) is 0 Å². The number of rotatable bonds is 7. The minimum absolute atomic E-state index is 0. The minimum atomic E-state index is -0.123. The number of anilines is 1. The number of thiazole rings is 1. The first-order valence-electron chi connectivity index (χ1n) is 9.86. The lowest BCUT2D eigenvalue weighted by Crippen LogP contribution is -2.33. The normalized spacial score (nSPS) is 12.5. The van der Waals surface area contributed by atoms with E-state index < -0.39 is 0 Å². The van der Waals surface area contributed by atoms with Crippen molar-refractivity contribution < 1.29 is 19.0 Å². The molecule has 0 N–H and O–H groups in total. The quantitative estimate of drug-likeness (QED) is 0.525. The fourth-order valence-electron chi connectivity index (χ4n) is 3.36. The van der Waals surface area contributed by atoms with Gasteiger partial charge >= 0.3 is 0 Å². The molecule has 7 nitrogen and oxygen atoms in total. The molecular weight excluding hydrogens is 438 g/mol. The van der Waals surface area contributed by atoms with Crippen molar-refractivity contribution in [2.24, 2.45) is 0 Å². The molecule has 0 fully saturated rings. The number of hydrogen-bond donors (Lipinski definition) is 0. The molecule has 0 unspecified atom stereocenters. The molecule has 3 aromatic rings. The number of nitrogens with zero attached hydrogens (tertiary/aromatic N) is 3. The van der Waals surface area contributed by atoms with Crippen molar-refractivity contribution in [1.82, 2.24) is 9.88 Å². The van der Waals surface area contributed by atoms with Gasteiger partial charge in [0.15, 0.2) is 16.6 Å². The first-order chi connectivity index (χ1) is 14.6. The van der Waals surface area contributed by atoms with E-state index in [4.69, 9.17) is 19.2 Å². The second-order valence-electron chi connectivity index (χ2n) is 7.27. The van der Waals surface area contributed by atoms with E-state index in [0.717, 1.165) is 28.9 Å². The number of hydrogen-bond acceptors (Lipinski definition) is 7. The summed E-state index contributed by atoms with van der Waals surface area (Å²) in [7, 11) is 5.62. The van der Waals surface area contributed by atoms with Gasteiger partial charge in [0.1, 0.15) is 19.0 Å². The van der Waals surface area contributed by atoms with Crippen molar-refractivity contribution in [3.05, 3.63) is 42.0 Å². The molecule has 0 saturated heterocycles. The molecule has 0 bridgehead atoms. The standard InChI is InChI=1S/C22H25N3O4S.ClH/c1-24(2)9-6-10-25(21(26)15-7-4-5-8-17(15)27-3)22-23-16-13-18-19(14-20(16)30-22)29-12-11-28-18;/h4-5,7-8,13-14H,6,9-12H2,1-3H3;1H. The first-order valence-corrected chi connectivity index (χ1v) is 10.7. The number of halogens is 1. The molecule has 0 aliphatic carbocycles. The Hall–Kier alpha value is -2.55. The summed E-state index contributed by atoms with van der Waals surface area (Å²) in [5, 5.41) is 0.655. The topological polar surface area (TPSA) is 64.1 Å². The molecule has 1 amide bonds. The number of methoxy groups -OCH3 is 1. The van der Waals surface area contributed by atoms with Gasteiger partial charge in [0, 0.05) is 18.7 Å². The van der Waals surface area contributed by atoms with Crippen LogP contribution in [0.4, 0.5) is 5.13 Å².